The molecular weight excluding hydrogens is 356 g/mol. The van der Waals surface area contributed by atoms with E-state index in [1.807, 2.05) is 0 Å². The van der Waals surface area contributed by atoms with Crippen molar-refractivity contribution < 1.29 is 18.4 Å². The fourth-order valence-electron chi connectivity index (χ4n) is 2.88. The van der Waals surface area contributed by atoms with Gasteiger partial charge in [-0.25, -0.2) is 13.8 Å². The van der Waals surface area contributed by atoms with Gasteiger partial charge in [0.05, 0.1) is 28.0 Å². The summed E-state index contributed by atoms with van der Waals surface area (Å²) in [4.78, 5) is 28.6. The van der Waals surface area contributed by atoms with Crippen LogP contribution in [0.25, 0.3) is 11.0 Å². The number of rotatable bonds is 3. The second-order valence-corrected chi connectivity index (χ2v) is 6.17. The fraction of sp³-hybridized carbons (Fsp3) is 0.222. The lowest BCUT2D eigenvalue weighted by atomic mass is 10.1. The quantitative estimate of drug-likeness (QED) is 0.738. The summed E-state index contributed by atoms with van der Waals surface area (Å²) >= 11 is 0. The Labute approximate surface area is 153 Å². The number of fused-ring (bicyclic) bond motifs is 1. The standard InChI is InChI=1S/C18H17F2N5O2/c1-8-5-11(16-9(2)24-25(4)17(16)21-8)18(27)23-15-7-13(20)12(19)6-14(15)22-10(3)26/h5-7H,1-4H3,(H,22,26)(H,23,27). The third-order valence-electron chi connectivity index (χ3n) is 3.96. The van der Waals surface area contributed by atoms with Gasteiger partial charge in [0.1, 0.15) is 0 Å². The van der Waals surface area contributed by atoms with E-state index >= 15 is 0 Å². The summed E-state index contributed by atoms with van der Waals surface area (Å²) in [5, 5.41) is 9.74. The summed E-state index contributed by atoms with van der Waals surface area (Å²) in [7, 11) is 1.72. The number of hydrogen-bond donors (Lipinski definition) is 2. The zero-order chi connectivity index (χ0) is 19.9. The Hall–Kier alpha value is -3.36. The first kappa shape index (κ1) is 18.4. The SMILES string of the molecule is CC(=O)Nc1cc(F)c(F)cc1NC(=O)c1cc(C)nc2c1c(C)nn2C. The highest BCUT2D eigenvalue weighted by molar-refractivity contribution is 6.14. The molecule has 0 bridgehead atoms. The lowest BCUT2D eigenvalue weighted by Gasteiger charge is -2.13. The van der Waals surface area contributed by atoms with Crippen LogP contribution in [0.2, 0.25) is 0 Å². The minimum Gasteiger partial charge on any atom is -0.324 e. The molecule has 1 aromatic carbocycles. The highest BCUT2D eigenvalue weighted by Crippen LogP contribution is 2.28. The number of nitrogens with zero attached hydrogens (tertiary/aromatic N) is 3. The summed E-state index contributed by atoms with van der Waals surface area (Å²) in [6.07, 6.45) is 0. The van der Waals surface area contributed by atoms with E-state index in [9.17, 15) is 18.4 Å². The predicted octanol–water partition coefficient (Wildman–Crippen LogP) is 3.07. The molecule has 0 saturated heterocycles. The van der Waals surface area contributed by atoms with E-state index < -0.39 is 23.4 Å². The van der Waals surface area contributed by atoms with Crippen LogP contribution in [0, 0.1) is 25.5 Å². The van der Waals surface area contributed by atoms with Gasteiger partial charge in [-0.3, -0.25) is 14.3 Å². The lowest BCUT2D eigenvalue weighted by Crippen LogP contribution is -2.16. The molecule has 2 aromatic heterocycles. The highest BCUT2D eigenvalue weighted by Gasteiger charge is 2.20. The molecule has 3 aromatic rings. The molecule has 2 heterocycles. The number of halogens is 2. The number of carbonyl (C=O) groups excluding carboxylic acids is 2. The Morgan fingerprint density at radius 3 is 2.22 bits per heavy atom. The molecule has 2 amide bonds. The van der Waals surface area contributed by atoms with Crippen LogP contribution < -0.4 is 10.6 Å². The molecule has 2 N–H and O–H groups in total. The van der Waals surface area contributed by atoms with Crippen molar-refractivity contribution in [3.05, 3.63) is 46.8 Å². The molecular formula is C18H17F2N5O2. The normalized spacial score (nSPS) is 10.9. The van der Waals surface area contributed by atoms with Crippen LogP contribution in [0.5, 0.6) is 0 Å². The average Bonchev–Trinajstić information content (AvgIpc) is 2.85. The Balaban J connectivity index is 2.08. The molecule has 9 heteroatoms. The Morgan fingerprint density at radius 1 is 1.04 bits per heavy atom. The van der Waals surface area contributed by atoms with Gasteiger partial charge in [-0.1, -0.05) is 0 Å². The minimum absolute atomic E-state index is 0.0420. The minimum atomic E-state index is -1.15. The van der Waals surface area contributed by atoms with Gasteiger partial charge in [-0.2, -0.15) is 5.10 Å². The van der Waals surface area contributed by atoms with Gasteiger partial charge in [0.2, 0.25) is 5.91 Å². The molecule has 0 aliphatic heterocycles. The van der Waals surface area contributed by atoms with Gasteiger partial charge in [0.15, 0.2) is 17.3 Å². The first-order chi connectivity index (χ1) is 12.7. The van der Waals surface area contributed by atoms with Crippen molar-refractivity contribution in [2.75, 3.05) is 10.6 Å². The molecule has 0 saturated carbocycles. The largest absolute Gasteiger partial charge is 0.324 e. The first-order valence-corrected chi connectivity index (χ1v) is 8.06. The van der Waals surface area contributed by atoms with Crippen molar-refractivity contribution in [2.24, 2.45) is 7.05 Å². The van der Waals surface area contributed by atoms with E-state index in [4.69, 9.17) is 0 Å². The Bertz CT molecular complexity index is 1090. The maximum absolute atomic E-state index is 13.7. The number of amides is 2. The maximum atomic E-state index is 13.7. The van der Waals surface area contributed by atoms with Crippen LogP contribution in [0.4, 0.5) is 20.2 Å². The Kier molecular flexibility index (Phi) is 4.61. The van der Waals surface area contributed by atoms with Gasteiger partial charge in [-0.05, 0) is 19.9 Å². The second-order valence-electron chi connectivity index (χ2n) is 6.17. The molecule has 0 aliphatic carbocycles. The van der Waals surface area contributed by atoms with Crippen molar-refractivity contribution in [3.8, 4) is 0 Å². The molecule has 0 atom stereocenters. The second kappa shape index (κ2) is 6.75. The van der Waals surface area contributed by atoms with Gasteiger partial charge in [-0.15, -0.1) is 0 Å². The molecule has 0 spiro atoms. The van der Waals surface area contributed by atoms with Crippen LogP contribution in [-0.4, -0.2) is 26.6 Å². The van der Waals surface area contributed by atoms with Crippen molar-refractivity contribution in [1.29, 1.82) is 0 Å². The summed E-state index contributed by atoms with van der Waals surface area (Å²) in [5.74, 6) is -3.32. The molecule has 3 rings (SSSR count). The van der Waals surface area contributed by atoms with E-state index in [1.54, 1.807) is 31.6 Å². The maximum Gasteiger partial charge on any atom is 0.256 e. The summed E-state index contributed by atoms with van der Waals surface area (Å²) in [5.41, 5.74) is 1.94. The van der Waals surface area contributed by atoms with Gasteiger partial charge in [0.25, 0.3) is 5.91 Å². The van der Waals surface area contributed by atoms with Crippen LogP contribution >= 0.6 is 0 Å². The van der Waals surface area contributed by atoms with Crippen molar-refractivity contribution in [3.63, 3.8) is 0 Å². The molecule has 0 radical (unpaired) electrons. The van der Waals surface area contributed by atoms with Crippen molar-refractivity contribution >= 4 is 34.2 Å². The number of carbonyl (C=O) groups is 2. The van der Waals surface area contributed by atoms with E-state index in [1.165, 1.54) is 6.92 Å². The number of aromatic nitrogens is 3. The van der Waals surface area contributed by atoms with Crippen LogP contribution in [0.3, 0.4) is 0 Å². The Morgan fingerprint density at radius 2 is 1.63 bits per heavy atom. The number of nitrogens with one attached hydrogen (secondary N) is 2. The van der Waals surface area contributed by atoms with Crippen LogP contribution in [0.15, 0.2) is 18.2 Å². The van der Waals surface area contributed by atoms with E-state index in [0.29, 0.717) is 28.0 Å². The first-order valence-electron chi connectivity index (χ1n) is 8.06. The number of pyridine rings is 1. The average molecular weight is 373 g/mol. The van der Waals surface area contributed by atoms with Crippen LogP contribution in [-0.2, 0) is 11.8 Å². The number of hydrogen-bond acceptors (Lipinski definition) is 4. The number of aryl methyl sites for hydroxylation is 3. The van der Waals surface area contributed by atoms with Gasteiger partial charge < -0.3 is 10.6 Å². The molecule has 0 fully saturated rings. The molecule has 0 unspecified atom stereocenters. The molecule has 140 valence electrons. The zero-order valence-corrected chi connectivity index (χ0v) is 15.1. The lowest BCUT2D eigenvalue weighted by molar-refractivity contribution is -0.114. The fourth-order valence-corrected chi connectivity index (χ4v) is 2.88. The topological polar surface area (TPSA) is 88.9 Å². The van der Waals surface area contributed by atoms with Crippen molar-refractivity contribution in [1.82, 2.24) is 14.8 Å². The van der Waals surface area contributed by atoms with Crippen molar-refractivity contribution in [2.45, 2.75) is 20.8 Å². The van der Waals surface area contributed by atoms with E-state index in [-0.39, 0.29) is 11.4 Å². The monoisotopic (exact) mass is 373 g/mol. The summed E-state index contributed by atoms with van der Waals surface area (Å²) < 4.78 is 28.8. The smallest absolute Gasteiger partial charge is 0.256 e. The molecule has 7 nitrogen and oxygen atoms in total. The van der Waals surface area contributed by atoms with E-state index in [2.05, 4.69) is 20.7 Å². The van der Waals surface area contributed by atoms with Gasteiger partial charge >= 0.3 is 0 Å². The third-order valence-corrected chi connectivity index (χ3v) is 3.96. The summed E-state index contributed by atoms with van der Waals surface area (Å²) in [6.45, 7) is 4.71. The number of benzene rings is 1. The van der Waals surface area contributed by atoms with E-state index in [0.717, 1.165) is 12.1 Å². The third kappa shape index (κ3) is 3.48. The summed E-state index contributed by atoms with van der Waals surface area (Å²) in [6, 6.07) is 3.22. The zero-order valence-electron chi connectivity index (χ0n) is 15.1. The van der Waals surface area contributed by atoms with Crippen LogP contribution in [0.1, 0.15) is 28.7 Å². The predicted molar refractivity (Wildman–Crippen MR) is 96.6 cm³/mol. The van der Waals surface area contributed by atoms with Gasteiger partial charge in [0, 0.05) is 31.8 Å². The number of anilines is 2. The molecule has 27 heavy (non-hydrogen) atoms. The highest BCUT2D eigenvalue weighted by atomic mass is 19.2. The molecule has 0 aliphatic rings.